The van der Waals surface area contributed by atoms with Crippen molar-refractivity contribution in [2.24, 2.45) is 7.05 Å². The topological polar surface area (TPSA) is 29.9 Å². The van der Waals surface area contributed by atoms with Crippen LogP contribution in [0.3, 0.4) is 0 Å². The van der Waals surface area contributed by atoms with Crippen LogP contribution in [0, 0.1) is 0 Å². The molecule has 3 nitrogen and oxygen atoms in total. The van der Waals surface area contributed by atoms with Gasteiger partial charge in [-0.25, -0.2) is 0 Å². The third-order valence-electron chi connectivity index (χ3n) is 3.56. The van der Waals surface area contributed by atoms with Gasteiger partial charge >= 0.3 is 0 Å². The minimum atomic E-state index is 0.364. The van der Waals surface area contributed by atoms with Crippen molar-refractivity contribution in [3.63, 3.8) is 0 Å². The lowest BCUT2D eigenvalue weighted by atomic mass is 9.93. The van der Waals surface area contributed by atoms with Gasteiger partial charge < -0.3 is 5.32 Å². The summed E-state index contributed by atoms with van der Waals surface area (Å²) >= 11 is 5.90. The van der Waals surface area contributed by atoms with Gasteiger partial charge in [0.2, 0.25) is 0 Å². The van der Waals surface area contributed by atoms with Crippen molar-refractivity contribution in [2.45, 2.75) is 25.3 Å². The van der Waals surface area contributed by atoms with Crippen LogP contribution in [0.5, 0.6) is 0 Å². The fraction of sp³-hybridized carbons (Fsp3) is 0.357. The highest BCUT2D eigenvalue weighted by molar-refractivity contribution is 6.30. The van der Waals surface area contributed by atoms with Gasteiger partial charge in [0.1, 0.15) is 0 Å². The fourth-order valence-corrected chi connectivity index (χ4v) is 2.73. The lowest BCUT2D eigenvalue weighted by Crippen LogP contribution is -2.17. The van der Waals surface area contributed by atoms with Crippen LogP contribution in [0.1, 0.15) is 30.1 Å². The summed E-state index contributed by atoms with van der Waals surface area (Å²) < 4.78 is 1.99. The van der Waals surface area contributed by atoms with Crippen LogP contribution in [0.25, 0.3) is 0 Å². The second-order valence-corrected chi connectivity index (χ2v) is 5.20. The van der Waals surface area contributed by atoms with Gasteiger partial charge in [-0.2, -0.15) is 5.10 Å². The Kier molecular flexibility index (Phi) is 3.00. The van der Waals surface area contributed by atoms with E-state index in [9.17, 15) is 0 Å². The molecule has 18 heavy (non-hydrogen) atoms. The molecule has 1 atom stereocenters. The second kappa shape index (κ2) is 4.65. The summed E-state index contributed by atoms with van der Waals surface area (Å²) in [7, 11) is 2.02. The molecule has 1 aliphatic rings. The molecular weight excluding hydrogens is 246 g/mol. The normalized spacial score (nSPS) is 18.4. The summed E-state index contributed by atoms with van der Waals surface area (Å²) in [4.78, 5) is 0. The number of halogens is 1. The van der Waals surface area contributed by atoms with E-state index >= 15 is 0 Å². The first-order chi connectivity index (χ1) is 8.74. The first-order valence-corrected chi connectivity index (χ1v) is 6.65. The van der Waals surface area contributed by atoms with Gasteiger partial charge in [-0.3, -0.25) is 4.68 Å². The average Bonchev–Trinajstić information content (AvgIpc) is 2.76. The number of aromatic nitrogens is 2. The van der Waals surface area contributed by atoms with Crippen LogP contribution < -0.4 is 5.32 Å². The van der Waals surface area contributed by atoms with Crippen molar-refractivity contribution in [1.82, 2.24) is 9.78 Å². The Hall–Kier alpha value is -1.48. The van der Waals surface area contributed by atoms with Crippen LogP contribution in [-0.4, -0.2) is 9.78 Å². The molecule has 0 bridgehead atoms. The molecule has 4 heteroatoms. The van der Waals surface area contributed by atoms with E-state index in [1.165, 1.54) is 17.7 Å². The first kappa shape index (κ1) is 11.6. The third-order valence-corrected chi connectivity index (χ3v) is 3.81. The molecule has 94 valence electrons. The predicted molar refractivity (Wildman–Crippen MR) is 74.0 cm³/mol. The number of nitrogens with zero attached hydrogens (tertiary/aromatic N) is 2. The Morgan fingerprint density at radius 1 is 1.33 bits per heavy atom. The highest BCUT2D eigenvalue weighted by Gasteiger charge is 2.23. The Morgan fingerprint density at radius 3 is 2.89 bits per heavy atom. The van der Waals surface area contributed by atoms with E-state index in [1.807, 2.05) is 42.2 Å². The number of hydrogen-bond acceptors (Lipinski definition) is 2. The van der Waals surface area contributed by atoms with Gasteiger partial charge in [0.15, 0.2) is 0 Å². The molecule has 1 aliphatic carbocycles. The van der Waals surface area contributed by atoms with Crippen molar-refractivity contribution in [1.29, 1.82) is 0 Å². The Bertz CT molecular complexity index is 545. The number of hydrogen-bond donors (Lipinski definition) is 1. The Morgan fingerprint density at radius 2 is 2.11 bits per heavy atom. The Balaban J connectivity index is 1.84. The SMILES string of the molecule is Cn1ncc2c1CCCC2Nc1ccc(Cl)cc1. The van der Waals surface area contributed by atoms with Gasteiger partial charge in [0.25, 0.3) is 0 Å². The van der Waals surface area contributed by atoms with Crippen LogP contribution in [-0.2, 0) is 13.5 Å². The molecule has 0 aliphatic heterocycles. The lowest BCUT2D eigenvalue weighted by molar-refractivity contribution is 0.571. The van der Waals surface area contributed by atoms with E-state index in [2.05, 4.69) is 10.4 Å². The summed E-state index contributed by atoms with van der Waals surface area (Å²) in [5.74, 6) is 0. The smallest absolute Gasteiger partial charge is 0.0547 e. The summed E-state index contributed by atoms with van der Waals surface area (Å²) in [6, 6.07) is 8.23. The van der Waals surface area contributed by atoms with Crippen molar-refractivity contribution >= 4 is 17.3 Å². The number of anilines is 1. The maximum atomic E-state index is 5.90. The number of fused-ring (bicyclic) bond motifs is 1. The lowest BCUT2D eigenvalue weighted by Gasteiger charge is -2.24. The molecule has 1 unspecified atom stereocenters. The number of benzene rings is 1. The van der Waals surface area contributed by atoms with E-state index in [0.717, 1.165) is 23.6 Å². The Labute approximate surface area is 112 Å². The van der Waals surface area contributed by atoms with E-state index in [1.54, 1.807) is 0 Å². The van der Waals surface area contributed by atoms with Crippen LogP contribution in [0.2, 0.25) is 5.02 Å². The van der Waals surface area contributed by atoms with Crippen molar-refractivity contribution < 1.29 is 0 Å². The van der Waals surface area contributed by atoms with Crippen LogP contribution in [0.15, 0.2) is 30.5 Å². The fourth-order valence-electron chi connectivity index (χ4n) is 2.60. The predicted octanol–water partition coefficient (Wildman–Crippen LogP) is 3.56. The van der Waals surface area contributed by atoms with E-state index < -0.39 is 0 Å². The zero-order valence-electron chi connectivity index (χ0n) is 10.4. The summed E-state index contributed by atoms with van der Waals surface area (Å²) in [5, 5.41) is 8.70. The van der Waals surface area contributed by atoms with Gasteiger partial charge in [-0.1, -0.05) is 11.6 Å². The monoisotopic (exact) mass is 261 g/mol. The molecule has 1 N–H and O–H groups in total. The maximum absolute atomic E-state index is 5.90. The van der Waals surface area contributed by atoms with Crippen LogP contribution >= 0.6 is 11.6 Å². The molecule has 1 aromatic heterocycles. The van der Waals surface area contributed by atoms with Gasteiger partial charge in [-0.05, 0) is 43.5 Å². The highest BCUT2D eigenvalue weighted by atomic mass is 35.5. The summed E-state index contributed by atoms with van der Waals surface area (Å²) in [5.41, 5.74) is 3.80. The molecule has 0 amide bonds. The minimum Gasteiger partial charge on any atom is -0.378 e. The van der Waals surface area contributed by atoms with E-state index in [4.69, 9.17) is 11.6 Å². The standard InChI is InChI=1S/C14H16ClN3/c1-18-14-4-2-3-13(12(14)9-16-18)17-11-7-5-10(15)6-8-11/h5-9,13,17H,2-4H2,1H3. The van der Waals surface area contributed by atoms with E-state index in [-0.39, 0.29) is 0 Å². The number of aryl methyl sites for hydroxylation is 1. The maximum Gasteiger partial charge on any atom is 0.0547 e. The molecule has 1 heterocycles. The number of nitrogens with one attached hydrogen (secondary N) is 1. The zero-order chi connectivity index (χ0) is 12.5. The highest BCUT2D eigenvalue weighted by Crippen LogP contribution is 2.32. The average molecular weight is 262 g/mol. The van der Waals surface area contributed by atoms with Gasteiger partial charge in [-0.15, -0.1) is 0 Å². The minimum absolute atomic E-state index is 0.364. The van der Waals surface area contributed by atoms with Crippen molar-refractivity contribution in [3.05, 3.63) is 46.7 Å². The molecule has 1 aromatic carbocycles. The summed E-state index contributed by atoms with van der Waals surface area (Å²) in [6.45, 7) is 0. The molecule has 0 saturated carbocycles. The first-order valence-electron chi connectivity index (χ1n) is 6.27. The van der Waals surface area contributed by atoms with Gasteiger partial charge in [0.05, 0.1) is 12.2 Å². The second-order valence-electron chi connectivity index (χ2n) is 4.77. The quantitative estimate of drug-likeness (QED) is 0.896. The third kappa shape index (κ3) is 2.10. The van der Waals surface area contributed by atoms with Crippen molar-refractivity contribution in [3.8, 4) is 0 Å². The zero-order valence-corrected chi connectivity index (χ0v) is 11.1. The molecule has 3 rings (SSSR count). The summed E-state index contributed by atoms with van der Waals surface area (Å²) in [6.07, 6.45) is 5.48. The molecule has 2 aromatic rings. The molecular formula is C14H16ClN3. The van der Waals surface area contributed by atoms with Gasteiger partial charge in [0, 0.05) is 29.0 Å². The number of rotatable bonds is 2. The molecule has 0 spiro atoms. The molecule has 0 saturated heterocycles. The molecule has 0 radical (unpaired) electrons. The largest absolute Gasteiger partial charge is 0.378 e. The van der Waals surface area contributed by atoms with E-state index in [0.29, 0.717) is 6.04 Å². The van der Waals surface area contributed by atoms with Crippen LogP contribution in [0.4, 0.5) is 5.69 Å². The molecule has 0 fully saturated rings. The van der Waals surface area contributed by atoms with Crippen molar-refractivity contribution in [2.75, 3.05) is 5.32 Å².